The Morgan fingerprint density at radius 1 is 1.67 bits per heavy atom. The maximum atomic E-state index is 5.51. The molecule has 12 heavy (non-hydrogen) atoms. The van der Waals surface area contributed by atoms with Crippen molar-refractivity contribution in [1.29, 1.82) is 0 Å². The van der Waals surface area contributed by atoms with Gasteiger partial charge in [-0.2, -0.15) is 0 Å². The van der Waals surface area contributed by atoms with E-state index in [0.717, 1.165) is 13.1 Å². The molecule has 1 aromatic rings. The molecule has 1 atom stereocenters. The van der Waals surface area contributed by atoms with Gasteiger partial charge in [0.2, 0.25) is 0 Å². The largest absolute Gasteiger partial charge is 0.376 e. The summed E-state index contributed by atoms with van der Waals surface area (Å²) in [6.07, 6.45) is 0. The van der Waals surface area contributed by atoms with E-state index in [1.54, 1.807) is 11.3 Å². The molecule has 0 amide bonds. The number of hydrogen-bond donors (Lipinski definition) is 2. The summed E-state index contributed by atoms with van der Waals surface area (Å²) in [4.78, 5) is 0. The molecule has 1 aromatic heterocycles. The minimum atomic E-state index is 0.548. The zero-order chi connectivity index (χ0) is 8.97. The molecule has 0 bridgehead atoms. The molecule has 0 aliphatic heterocycles. The van der Waals surface area contributed by atoms with Gasteiger partial charge in [0.15, 0.2) is 0 Å². The highest BCUT2D eigenvalue weighted by atomic mass is 32.1. The molecule has 1 rings (SSSR count). The standard InChI is InChI=1S/C9H16N2S/c1-7(5-10)6-11-9-8(2)3-4-12-9/h3-4,7,11H,5-6,10H2,1-2H3. The Morgan fingerprint density at radius 2 is 2.42 bits per heavy atom. The van der Waals surface area contributed by atoms with Crippen LogP contribution in [0.25, 0.3) is 0 Å². The zero-order valence-electron chi connectivity index (χ0n) is 7.63. The number of aryl methyl sites for hydroxylation is 1. The Morgan fingerprint density at radius 3 is 2.92 bits per heavy atom. The second kappa shape index (κ2) is 4.48. The van der Waals surface area contributed by atoms with Crippen molar-refractivity contribution in [2.45, 2.75) is 13.8 Å². The molecule has 0 fully saturated rings. The van der Waals surface area contributed by atoms with Crippen molar-refractivity contribution in [3.63, 3.8) is 0 Å². The number of rotatable bonds is 4. The van der Waals surface area contributed by atoms with E-state index in [0.29, 0.717) is 5.92 Å². The summed E-state index contributed by atoms with van der Waals surface area (Å²) in [5.74, 6) is 0.548. The summed E-state index contributed by atoms with van der Waals surface area (Å²) in [5.41, 5.74) is 6.84. The number of hydrogen-bond acceptors (Lipinski definition) is 3. The molecule has 0 radical (unpaired) electrons. The molecule has 0 spiro atoms. The second-order valence-electron chi connectivity index (χ2n) is 3.15. The summed E-state index contributed by atoms with van der Waals surface area (Å²) >= 11 is 1.75. The van der Waals surface area contributed by atoms with Gasteiger partial charge in [-0.1, -0.05) is 6.92 Å². The Hall–Kier alpha value is -0.540. The number of nitrogens with two attached hydrogens (primary N) is 1. The van der Waals surface area contributed by atoms with Crippen molar-refractivity contribution in [3.05, 3.63) is 17.0 Å². The monoisotopic (exact) mass is 184 g/mol. The summed E-state index contributed by atoms with van der Waals surface area (Å²) in [6, 6.07) is 2.13. The lowest BCUT2D eigenvalue weighted by Gasteiger charge is -2.09. The van der Waals surface area contributed by atoms with Gasteiger partial charge in [-0.05, 0) is 36.4 Å². The first-order valence-electron chi connectivity index (χ1n) is 4.22. The summed E-state index contributed by atoms with van der Waals surface area (Å²) in [7, 11) is 0. The first kappa shape index (κ1) is 9.55. The van der Waals surface area contributed by atoms with Crippen molar-refractivity contribution in [2.75, 3.05) is 18.4 Å². The van der Waals surface area contributed by atoms with Crippen LogP contribution in [0.5, 0.6) is 0 Å². The van der Waals surface area contributed by atoms with Gasteiger partial charge in [0, 0.05) is 6.54 Å². The van der Waals surface area contributed by atoms with Crippen molar-refractivity contribution >= 4 is 16.3 Å². The van der Waals surface area contributed by atoms with Crippen molar-refractivity contribution in [2.24, 2.45) is 11.7 Å². The number of nitrogens with one attached hydrogen (secondary N) is 1. The van der Waals surface area contributed by atoms with Gasteiger partial charge >= 0.3 is 0 Å². The van der Waals surface area contributed by atoms with Crippen LogP contribution in [0.1, 0.15) is 12.5 Å². The Balaban J connectivity index is 2.38. The van der Waals surface area contributed by atoms with Gasteiger partial charge in [0.1, 0.15) is 0 Å². The molecule has 0 aromatic carbocycles. The van der Waals surface area contributed by atoms with Crippen LogP contribution in [0.15, 0.2) is 11.4 Å². The van der Waals surface area contributed by atoms with Gasteiger partial charge < -0.3 is 11.1 Å². The van der Waals surface area contributed by atoms with Gasteiger partial charge in [0.25, 0.3) is 0 Å². The Labute approximate surface area is 77.8 Å². The third-order valence-electron chi connectivity index (χ3n) is 1.88. The van der Waals surface area contributed by atoms with E-state index in [1.807, 2.05) is 0 Å². The first-order chi connectivity index (χ1) is 5.74. The van der Waals surface area contributed by atoms with E-state index in [2.05, 4.69) is 30.6 Å². The SMILES string of the molecule is Cc1ccsc1NCC(C)CN. The molecule has 0 saturated carbocycles. The van der Waals surface area contributed by atoms with Crippen LogP contribution in [-0.2, 0) is 0 Å². The predicted molar refractivity (Wildman–Crippen MR) is 55.8 cm³/mol. The Bertz CT molecular complexity index is 232. The molecule has 0 aliphatic carbocycles. The third-order valence-corrected chi connectivity index (χ3v) is 2.85. The average molecular weight is 184 g/mol. The van der Waals surface area contributed by atoms with Gasteiger partial charge in [-0.15, -0.1) is 11.3 Å². The maximum absolute atomic E-state index is 5.51. The summed E-state index contributed by atoms with van der Waals surface area (Å²) in [5, 5.41) is 6.76. The zero-order valence-corrected chi connectivity index (χ0v) is 8.45. The molecule has 1 unspecified atom stereocenters. The lowest BCUT2D eigenvalue weighted by molar-refractivity contribution is 0.629. The lowest BCUT2D eigenvalue weighted by atomic mass is 10.2. The minimum absolute atomic E-state index is 0.548. The molecule has 0 aliphatic rings. The van der Waals surface area contributed by atoms with Crippen LogP contribution in [0.2, 0.25) is 0 Å². The highest BCUT2D eigenvalue weighted by Gasteiger charge is 2.01. The van der Waals surface area contributed by atoms with Gasteiger partial charge in [-0.25, -0.2) is 0 Å². The van der Waals surface area contributed by atoms with Crippen molar-refractivity contribution in [3.8, 4) is 0 Å². The second-order valence-corrected chi connectivity index (χ2v) is 4.07. The average Bonchev–Trinajstić information content (AvgIpc) is 2.47. The molecular formula is C9H16N2S. The van der Waals surface area contributed by atoms with Crippen LogP contribution < -0.4 is 11.1 Å². The van der Waals surface area contributed by atoms with E-state index in [1.165, 1.54) is 10.6 Å². The van der Waals surface area contributed by atoms with Crippen LogP contribution in [-0.4, -0.2) is 13.1 Å². The van der Waals surface area contributed by atoms with Crippen molar-refractivity contribution < 1.29 is 0 Å². The molecule has 3 heteroatoms. The number of anilines is 1. The van der Waals surface area contributed by atoms with E-state index >= 15 is 0 Å². The quantitative estimate of drug-likeness (QED) is 0.751. The fraction of sp³-hybridized carbons (Fsp3) is 0.556. The van der Waals surface area contributed by atoms with Gasteiger partial charge in [-0.3, -0.25) is 0 Å². The van der Waals surface area contributed by atoms with Gasteiger partial charge in [0.05, 0.1) is 5.00 Å². The van der Waals surface area contributed by atoms with Crippen molar-refractivity contribution in [1.82, 2.24) is 0 Å². The normalized spacial score (nSPS) is 12.9. The molecule has 2 nitrogen and oxygen atoms in total. The first-order valence-corrected chi connectivity index (χ1v) is 5.10. The molecular weight excluding hydrogens is 168 g/mol. The molecule has 3 N–H and O–H groups in total. The summed E-state index contributed by atoms with van der Waals surface area (Å²) < 4.78 is 0. The van der Waals surface area contributed by atoms with Crippen LogP contribution >= 0.6 is 11.3 Å². The third kappa shape index (κ3) is 2.50. The smallest absolute Gasteiger partial charge is 0.0912 e. The number of thiophene rings is 1. The fourth-order valence-electron chi connectivity index (χ4n) is 0.904. The lowest BCUT2D eigenvalue weighted by Crippen LogP contribution is -2.19. The maximum Gasteiger partial charge on any atom is 0.0912 e. The van der Waals surface area contributed by atoms with E-state index in [4.69, 9.17) is 5.73 Å². The summed E-state index contributed by atoms with van der Waals surface area (Å²) in [6.45, 7) is 5.98. The minimum Gasteiger partial charge on any atom is -0.376 e. The molecule has 1 heterocycles. The van der Waals surface area contributed by atoms with Crippen LogP contribution in [0.3, 0.4) is 0 Å². The highest BCUT2D eigenvalue weighted by molar-refractivity contribution is 7.14. The van der Waals surface area contributed by atoms with E-state index < -0.39 is 0 Å². The molecule has 0 saturated heterocycles. The van der Waals surface area contributed by atoms with E-state index in [9.17, 15) is 0 Å². The van der Waals surface area contributed by atoms with Crippen LogP contribution in [0, 0.1) is 12.8 Å². The Kier molecular flexibility index (Phi) is 3.56. The fourth-order valence-corrected chi connectivity index (χ4v) is 1.73. The topological polar surface area (TPSA) is 38.0 Å². The predicted octanol–water partition coefficient (Wildman–Crippen LogP) is 2.06. The van der Waals surface area contributed by atoms with Crippen LogP contribution in [0.4, 0.5) is 5.00 Å². The molecule has 68 valence electrons. The van der Waals surface area contributed by atoms with E-state index in [-0.39, 0.29) is 0 Å². The highest BCUT2D eigenvalue weighted by Crippen LogP contribution is 2.21.